The van der Waals surface area contributed by atoms with Gasteiger partial charge in [0, 0.05) is 26.2 Å². The highest BCUT2D eigenvalue weighted by Crippen LogP contribution is 2.37. The molecule has 1 saturated heterocycles. The molecule has 0 aliphatic carbocycles. The van der Waals surface area contributed by atoms with Gasteiger partial charge in [-0.1, -0.05) is 6.07 Å². The Morgan fingerprint density at radius 2 is 1.64 bits per heavy atom. The monoisotopic (exact) mass is 584 g/mol. The van der Waals surface area contributed by atoms with Gasteiger partial charge in [0.1, 0.15) is 5.82 Å². The number of alkyl halides is 6. The van der Waals surface area contributed by atoms with Crippen LogP contribution in [0.15, 0.2) is 36.4 Å². The molecule has 2 atom stereocenters. The summed E-state index contributed by atoms with van der Waals surface area (Å²) in [6.45, 7) is 1.01. The van der Waals surface area contributed by atoms with E-state index in [9.17, 15) is 40.3 Å². The zero-order valence-corrected chi connectivity index (χ0v) is 21.8. The van der Waals surface area contributed by atoms with Crippen molar-refractivity contribution in [2.45, 2.75) is 50.7 Å². The van der Waals surface area contributed by atoms with E-state index in [0.29, 0.717) is 29.7 Å². The maximum Gasteiger partial charge on any atom is 0.416 e. The number of benzene rings is 2. The second-order valence-electron chi connectivity index (χ2n) is 9.26. The van der Waals surface area contributed by atoms with Crippen molar-refractivity contribution in [1.82, 2.24) is 15.1 Å². The summed E-state index contributed by atoms with van der Waals surface area (Å²) in [4.78, 5) is 27.7. The van der Waals surface area contributed by atoms with E-state index in [-0.39, 0.29) is 49.6 Å². The molecule has 1 heterocycles. The summed E-state index contributed by atoms with van der Waals surface area (Å²) in [6, 6.07) is 3.55. The van der Waals surface area contributed by atoms with Crippen LogP contribution in [0.4, 0.5) is 35.5 Å². The van der Waals surface area contributed by atoms with Crippen LogP contribution in [0.1, 0.15) is 46.7 Å². The Labute approximate surface area is 226 Å². The summed E-state index contributed by atoms with van der Waals surface area (Å²) in [6.07, 6.45) is -9.44. The zero-order valence-electron chi connectivity index (χ0n) is 21.0. The maximum atomic E-state index is 13.7. The first-order valence-electron chi connectivity index (χ1n) is 11.7. The highest BCUT2D eigenvalue weighted by molar-refractivity contribution is 5.85. The molecule has 3 N–H and O–H groups in total. The Kier molecular flexibility index (Phi) is 10.2. The third kappa shape index (κ3) is 7.98. The summed E-state index contributed by atoms with van der Waals surface area (Å²) in [7, 11) is 1.27. The number of nitrogens with two attached hydrogens (primary N) is 1. The van der Waals surface area contributed by atoms with Gasteiger partial charge in [0.2, 0.25) is 5.91 Å². The quantitative estimate of drug-likeness (QED) is 0.461. The van der Waals surface area contributed by atoms with Gasteiger partial charge in [-0.2, -0.15) is 26.3 Å². The average molecular weight is 585 g/mol. The first-order valence-corrected chi connectivity index (χ1v) is 11.7. The molecule has 2 aromatic carbocycles. The van der Waals surface area contributed by atoms with E-state index < -0.39 is 53.8 Å². The Morgan fingerprint density at radius 3 is 2.15 bits per heavy atom. The lowest BCUT2D eigenvalue weighted by atomic mass is 9.89. The second-order valence-corrected chi connectivity index (χ2v) is 9.26. The van der Waals surface area contributed by atoms with Crippen LogP contribution in [-0.4, -0.2) is 47.9 Å². The lowest BCUT2D eigenvalue weighted by molar-refractivity contribution is -0.143. The fourth-order valence-corrected chi connectivity index (χ4v) is 4.59. The molecule has 1 fully saturated rings. The molecule has 2 unspecified atom stereocenters. The van der Waals surface area contributed by atoms with E-state index in [1.54, 1.807) is 6.92 Å². The van der Waals surface area contributed by atoms with E-state index in [2.05, 4.69) is 5.32 Å². The van der Waals surface area contributed by atoms with E-state index >= 15 is 0 Å². The van der Waals surface area contributed by atoms with Crippen molar-refractivity contribution in [3.63, 3.8) is 0 Å². The minimum absolute atomic E-state index is 0. The van der Waals surface area contributed by atoms with E-state index in [0.717, 1.165) is 4.90 Å². The lowest BCUT2D eigenvalue weighted by Crippen LogP contribution is -2.51. The number of urea groups is 1. The Balaban J connectivity index is 0.00000533. The van der Waals surface area contributed by atoms with Crippen molar-refractivity contribution in [2.75, 3.05) is 20.1 Å². The van der Waals surface area contributed by atoms with Gasteiger partial charge in [0.15, 0.2) is 0 Å². The molecule has 0 aromatic heterocycles. The van der Waals surface area contributed by atoms with Crippen molar-refractivity contribution in [3.05, 3.63) is 70.0 Å². The minimum Gasteiger partial charge on any atom is -0.352 e. The van der Waals surface area contributed by atoms with Gasteiger partial charge in [-0.3, -0.25) is 4.79 Å². The highest BCUT2D eigenvalue weighted by atomic mass is 35.5. The molecule has 3 amide bonds. The van der Waals surface area contributed by atoms with Crippen molar-refractivity contribution in [3.8, 4) is 0 Å². The smallest absolute Gasteiger partial charge is 0.352 e. The number of hydrogen-bond acceptors (Lipinski definition) is 3. The highest BCUT2D eigenvalue weighted by Gasteiger charge is 2.38. The molecule has 1 aliphatic heterocycles. The lowest BCUT2D eigenvalue weighted by Gasteiger charge is -2.42. The van der Waals surface area contributed by atoms with Gasteiger partial charge in [-0.05, 0) is 66.8 Å². The fraction of sp³-hybridized carbons (Fsp3) is 0.440. The van der Waals surface area contributed by atoms with Crippen molar-refractivity contribution in [2.24, 2.45) is 5.73 Å². The van der Waals surface area contributed by atoms with Crippen molar-refractivity contribution in [1.29, 1.82) is 0 Å². The summed E-state index contributed by atoms with van der Waals surface area (Å²) >= 11 is 0. The van der Waals surface area contributed by atoms with E-state index in [1.165, 1.54) is 30.1 Å². The first kappa shape index (κ1) is 32.2. The molecule has 6 nitrogen and oxygen atoms in total. The molecule has 0 saturated carbocycles. The molecule has 14 heteroatoms. The van der Waals surface area contributed by atoms with Gasteiger partial charge in [0.25, 0.3) is 0 Å². The Hall–Kier alpha value is -3.06. The summed E-state index contributed by atoms with van der Waals surface area (Å²) in [5, 5.41) is 2.77. The minimum atomic E-state index is -5.01. The van der Waals surface area contributed by atoms with Gasteiger partial charge in [0.05, 0.1) is 23.7 Å². The van der Waals surface area contributed by atoms with Crippen LogP contribution >= 0.6 is 12.4 Å². The number of carbonyl (C=O) groups is 2. The zero-order chi connectivity index (χ0) is 28.4. The number of likely N-dealkylation sites (tertiary alicyclic amines) is 1. The number of halogens is 8. The van der Waals surface area contributed by atoms with Crippen LogP contribution in [0.5, 0.6) is 0 Å². The van der Waals surface area contributed by atoms with Gasteiger partial charge >= 0.3 is 18.4 Å². The molecular weight excluding hydrogens is 557 g/mol. The summed E-state index contributed by atoms with van der Waals surface area (Å²) in [5.41, 5.74) is 3.21. The Morgan fingerprint density at radius 1 is 1.05 bits per heavy atom. The predicted molar refractivity (Wildman–Crippen MR) is 131 cm³/mol. The number of piperidine rings is 1. The van der Waals surface area contributed by atoms with Crippen molar-refractivity contribution >= 4 is 24.3 Å². The Bertz CT molecular complexity index is 1160. The number of hydrogen-bond donors (Lipinski definition) is 2. The van der Waals surface area contributed by atoms with Crippen LogP contribution < -0.4 is 11.1 Å². The molecule has 1 aliphatic rings. The number of rotatable bonds is 5. The molecule has 2 aromatic rings. The summed E-state index contributed by atoms with van der Waals surface area (Å²) in [5.74, 6) is -0.887. The van der Waals surface area contributed by atoms with Crippen LogP contribution in [0, 0.1) is 12.7 Å². The standard InChI is InChI=1S/C25H27F7N4O2.ClH/c1-14-7-18(26)3-4-20(14)21-11-19(34-22(37)12-33)5-6-36(21)23(38)35(2)13-15-8-16(24(27,28)29)10-17(9-15)25(30,31)32;/h3-4,7-10,19,21H,5-6,11-13,33H2,1-2H3,(H,34,37);1H. The predicted octanol–water partition coefficient (Wildman–Crippen LogP) is 5.43. The maximum absolute atomic E-state index is 13.7. The molecule has 0 spiro atoms. The number of aryl methyl sites for hydroxylation is 1. The van der Waals surface area contributed by atoms with E-state index in [1.807, 2.05) is 0 Å². The van der Waals surface area contributed by atoms with Gasteiger partial charge in [-0.15, -0.1) is 12.4 Å². The molecule has 0 radical (unpaired) electrons. The van der Waals surface area contributed by atoms with Gasteiger partial charge < -0.3 is 20.9 Å². The third-order valence-electron chi connectivity index (χ3n) is 6.38. The first-order chi connectivity index (χ1) is 17.6. The molecule has 216 valence electrons. The van der Waals surface area contributed by atoms with Crippen LogP contribution in [-0.2, 0) is 23.7 Å². The fourth-order valence-electron chi connectivity index (χ4n) is 4.59. The molecular formula is C25H28ClF7N4O2. The van der Waals surface area contributed by atoms with E-state index in [4.69, 9.17) is 5.73 Å². The molecule has 39 heavy (non-hydrogen) atoms. The SMILES string of the molecule is Cc1cc(F)ccc1C1CC(NC(=O)CN)CCN1C(=O)N(C)Cc1cc(C(F)(F)F)cc(C(F)(F)F)c1.Cl. The van der Waals surface area contributed by atoms with Crippen LogP contribution in [0.2, 0.25) is 0 Å². The number of nitrogens with one attached hydrogen (secondary N) is 1. The largest absolute Gasteiger partial charge is 0.416 e. The topological polar surface area (TPSA) is 78.7 Å². The number of amides is 3. The second kappa shape index (κ2) is 12.4. The third-order valence-corrected chi connectivity index (χ3v) is 6.38. The van der Waals surface area contributed by atoms with Gasteiger partial charge in [-0.25, -0.2) is 9.18 Å². The normalized spacial score (nSPS) is 17.8. The van der Waals surface area contributed by atoms with Crippen molar-refractivity contribution < 1.29 is 40.3 Å². The summed E-state index contributed by atoms with van der Waals surface area (Å²) < 4.78 is 93.3. The average Bonchev–Trinajstić information content (AvgIpc) is 2.82. The number of nitrogens with zero attached hydrogens (tertiary/aromatic N) is 2. The molecule has 0 bridgehead atoms. The number of carbonyl (C=O) groups excluding carboxylic acids is 2. The molecule has 3 rings (SSSR count). The van der Waals surface area contributed by atoms with Crippen LogP contribution in [0.25, 0.3) is 0 Å². The van der Waals surface area contributed by atoms with Crippen LogP contribution in [0.3, 0.4) is 0 Å².